The van der Waals surface area contributed by atoms with Gasteiger partial charge in [-0.25, -0.2) is 57.5 Å². The number of fused-ring (bicyclic) bond motifs is 3. The Morgan fingerprint density at radius 3 is 1.06 bits per heavy atom. The third kappa shape index (κ3) is 18.7. The van der Waals surface area contributed by atoms with E-state index in [0.29, 0.717) is 191 Å². The van der Waals surface area contributed by atoms with E-state index in [4.69, 9.17) is 42.6 Å². The maximum absolute atomic E-state index is 14.8. The lowest BCUT2D eigenvalue weighted by Crippen LogP contribution is -2.43. The molecule has 0 bridgehead atoms. The molecular formula is C72H77BBr2F3N13O12. The standard InChI is InChI=1S/C72H77BBr2F3N13O12/c1-95-61-31-49-58(79-40-82-67(49)85-55-7-4-46(73)28-52(55)76)34-64(61)101-37-43-10-16-89(17-11-43)70(92)98-25-22-88(23-26-99-71(93)90-18-12-44(13-19-90)38-102-65-35-59-50(32-62(65)96-2)68(83-41-80-59)86-56-8-5-47(74)29-53(56)77)24-27-100-72(94)91-20-14-45(15-21-91)39-103-66-36-60-51(33-63(66)97-3)69(84-42-81-60)87-57-9-6-48(75)30-54(57)78/h4-9,28-36,40-45H,10-27,37-39,73H2,1-3H3,(H,79,82,85)(H,80,83,86)(H,81,84,87). The quantitative estimate of drug-likeness (QED) is 0.0319. The summed E-state index contributed by atoms with van der Waals surface area (Å²) in [5, 5.41) is 11.0. The average Bonchev–Trinajstić information content (AvgIpc) is 0.801. The number of benzene rings is 6. The third-order valence-corrected chi connectivity index (χ3v) is 19.4. The number of methoxy groups -OCH3 is 3. The molecule has 3 amide bonds. The monoisotopic (exact) mass is 1540 g/mol. The summed E-state index contributed by atoms with van der Waals surface area (Å²) in [5.41, 5.74) is 3.29. The molecule has 3 aliphatic rings. The number of hydrogen-bond acceptors (Lipinski definition) is 22. The number of nitrogens with one attached hydrogen (secondary N) is 3. The molecule has 9 aromatic rings. The maximum atomic E-state index is 14.8. The second-order valence-corrected chi connectivity index (χ2v) is 27.1. The van der Waals surface area contributed by atoms with Gasteiger partial charge in [0, 0.05) is 102 Å². The number of amides is 3. The molecule has 3 saturated heterocycles. The number of piperidine rings is 3. The first-order valence-corrected chi connectivity index (χ1v) is 35.4. The van der Waals surface area contributed by atoms with Crippen molar-refractivity contribution in [1.29, 1.82) is 0 Å². The first-order valence-electron chi connectivity index (χ1n) is 33.9. The second-order valence-electron chi connectivity index (χ2n) is 25.2. The molecule has 31 heteroatoms. The van der Waals surface area contributed by atoms with Crippen molar-refractivity contribution in [2.45, 2.75) is 38.5 Å². The average molecular weight is 1540 g/mol. The van der Waals surface area contributed by atoms with Crippen LogP contribution in [0.2, 0.25) is 0 Å². The number of carbonyl (C=O) groups is 3. The Morgan fingerprint density at radius 2 is 0.757 bits per heavy atom. The van der Waals surface area contributed by atoms with Crippen molar-refractivity contribution in [2.24, 2.45) is 17.8 Å². The molecule has 3 N–H and O–H groups in total. The van der Waals surface area contributed by atoms with E-state index in [-0.39, 0.29) is 74.3 Å². The van der Waals surface area contributed by atoms with Crippen molar-refractivity contribution in [1.82, 2.24) is 49.5 Å². The molecule has 0 atom stereocenters. The van der Waals surface area contributed by atoms with E-state index < -0.39 is 35.7 Å². The molecule has 0 radical (unpaired) electrons. The van der Waals surface area contributed by atoms with Crippen LogP contribution in [0.4, 0.5) is 62.1 Å². The van der Waals surface area contributed by atoms with E-state index in [1.54, 1.807) is 88.5 Å². The number of ether oxygens (including phenoxy) is 9. The number of rotatable bonds is 27. The van der Waals surface area contributed by atoms with Gasteiger partial charge < -0.3 is 73.3 Å². The molecule has 0 spiro atoms. The maximum Gasteiger partial charge on any atom is 0.409 e. The van der Waals surface area contributed by atoms with Gasteiger partial charge in [0.15, 0.2) is 34.5 Å². The smallest absolute Gasteiger partial charge is 0.409 e. The summed E-state index contributed by atoms with van der Waals surface area (Å²) in [6.07, 6.45) is 6.77. The predicted octanol–water partition coefficient (Wildman–Crippen LogP) is 12.4. The van der Waals surface area contributed by atoms with Crippen LogP contribution in [-0.4, -0.2) is 196 Å². The van der Waals surface area contributed by atoms with Crippen LogP contribution in [0.5, 0.6) is 34.5 Å². The molecule has 3 fully saturated rings. The summed E-state index contributed by atoms with van der Waals surface area (Å²) in [7, 11) is 6.44. The highest BCUT2D eigenvalue weighted by Crippen LogP contribution is 2.40. The van der Waals surface area contributed by atoms with Gasteiger partial charge in [-0.3, -0.25) is 4.90 Å². The predicted molar refractivity (Wildman–Crippen MR) is 391 cm³/mol. The fraction of sp³-hybridized carbons (Fsp3) is 0.375. The molecule has 103 heavy (non-hydrogen) atoms. The molecule has 0 aliphatic carbocycles. The van der Waals surface area contributed by atoms with Crippen LogP contribution in [0.1, 0.15) is 38.5 Å². The van der Waals surface area contributed by atoms with Gasteiger partial charge >= 0.3 is 18.3 Å². The van der Waals surface area contributed by atoms with E-state index in [9.17, 15) is 27.6 Å². The van der Waals surface area contributed by atoms with Crippen LogP contribution in [0, 0.1) is 35.2 Å². The molecule has 3 aromatic heterocycles. The van der Waals surface area contributed by atoms with Gasteiger partial charge in [0.25, 0.3) is 0 Å². The summed E-state index contributed by atoms with van der Waals surface area (Å²) >= 11 is 6.59. The van der Waals surface area contributed by atoms with Gasteiger partial charge in [0.2, 0.25) is 0 Å². The highest BCUT2D eigenvalue weighted by molar-refractivity contribution is 9.10. The van der Waals surface area contributed by atoms with Crippen LogP contribution >= 0.6 is 31.9 Å². The van der Waals surface area contributed by atoms with Gasteiger partial charge in [-0.2, -0.15) is 0 Å². The number of likely N-dealkylation sites (tertiary alicyclic amines) is 3. The fourth-order valence-corrected chi connectivity index (χ4v) is 13.1. The Labute approximate surface area is 610 Å². The first kappa shape index (κ1) is 72.9. The number of carbonyl (C=O) groups excluding carboxylic acids is 3. The lowest BCUT2D eigenvalue weighted by atomic mass is 9.96. The molecule has 25 nitrogen and oxygen atoms in total. The van der Waals surface area contributed by atoms with Crippen molar-refractivity contribution >= 4 is 131 Å². The van der Waals surface area contributed by atoms with Crippen LogP contribution in [0.25, 0.3) is 32.7 Å². The minimum absolute atomic E-state index is 0.0207. The van der Waals surface area contributed by atoms with E-state index in [0.717, 1.165) is 5.46 Å². The zero-order valence-electron chi connectivity index (χ0n) is 57.2. The Kier molecular flexibility index (Phi) is 24.3. The third-order valence-electron chi connectivity index (χ3n) is 18.4. The van der Waals surface area contributed by atoms with Gasteiger partial charge in [-0.1, -0.05) is 43.4 Å². The van der Waals surface area contributed by atoms with Crippen LogP contribution in [0.3, 0.4) is 0 Å². The fourth-order valence-electron chi connectivity index (χ4n) is 12.5. The molecule has 0 unspecified atom stereocenters. The molecule has 0 saturated carbocycles. The minimum Gasteiger partial charge on any atom is -0.493 e. The lowest BCUT2D eigenvalue weighted by Gasteiger charge is -2.32. The number of aromatic nitrogens is 6. The van der Waals surface area contributed by atoms with Crippen molar-refractivity contribution in [3.8, 4) is 34.5 Å². The van der Waals surface area contributed by atoms with Crippen molar-refractivity contribution in [3.05, 3.63) is 136 Å². The van der Waals surface area contributed by atoms with E-state index >= 15 is 0 Å². The molecule has 3 aliphatic heterocycles. The minimum atomic E-state index is -0.460. The van der Waals surface area contributed by atoms with Crippen molar-refractivity contribution in [3.63, 3.8) is 0 Å². The highest BCUT2D eigenvalue weighted by atomic mass is 79.9. The summed E-state index contributed by atoms with van der Waals surface area (Å²) in [5.74, 6) is 3.10. The largest absolute Gasteiger partial charge is 0.493 e. The second kappa shape index (κ2) is 34.4. The van der Waals surface area contributed by atoms with Gasteiger partial charge in [-0.15, -0.1) is 0 Å². The summed E-state index contributed by atoms with van der Waals surface area (Å²) in [6.45, 7) is 4.62. The zero-order valence-corrected chi connectivity index (χ0v) is 60.4. The van der Waals surface area contributed by atoms with Crippen LogP contribution < -0.4 is 49.8 Å². The highest BCUT2D eigenvalue weighted by Gasteiger charge is 2.30. The molecule has 540 valence electrons. The van der Waals surface area contributed by atoms with Gasteiger partial charge in [-0.05, 0) is 123 Å². The lowest BCUT2D eigenvalue weighted by molar-refractivity contribution is 0.0499. The summed E-state index contributed by atoms with van der Waals surface area (Å²) in [6, 6.07) is 24.9. The van der Waals surface area contributed by atoms with Crippen LogP contribution in [0.15, 0.2) is 119 Å². The van der Waals surface area contributed by atoms with Crippen molar-refractivity contribution < 1.29 is 70.2 Å². The first-order chi connectivity index (χ1) is 50.0. The molecular weight excluding hydrogens is 1470 g/mol. The topological polar surface area (TPSA) is 261 Å². The normalized spacial score (nSPS) is 14.6. The Balaban J connectivity index is 0.609. The van der Waals surface area contributed by atoms with Crippen LogP contribution in [-0.2, 0) is 14.2 Å². The summed E-state index contributed by atoms with van der Waals surface area (Å²) < 4.78 is 99.2. The number of anilines is 6. The molecule has 6 heterocycles. The Morgan fingerprint density at radius 1 is 0.447 bits per heavy atom. The SMILES string of the molecule is Bc1ccc(Nc2ncnc3cc(OCC4CCN(C(=O)OCCN(CCOC(=O)N5CCC(COc6cc7ncnc(Nc8ccc(Br)cc8F)c7cc6OC)CC5)CCOC(=O)N5CCC(COc6cc7ncnc(Nc8ccc(Br)cc8F)c7cc6OC)CC5)CC4)c(OC)cc23)c(F)c1. The summed E-state index contributed by atoms with van der Waals surface area (Å²) in [4.78, 5) is 74.1. The van der Waals surface area contributed by atoms with Gasteiger partial charge in [0.1, 0.15) is 81.6 Å². The van der Waals surface area contributed by atoms with E-state index in [2.05, 4.69) is 77.7 Å². The Hall–Kier alpha value is -9.88. The zero-order chi connectivity index (χ0) is 71.9. The molecule has 12 rings (SSSR count). The Bertz CT molecular complexity index is 4060. The number of hydrogen-bond donors (Lipinski definition) is 3. The molecule has 6 aromatic carbocycles. The van der Waals surface area contributed by atoms with E-state index in [1.807, 2.05) is 18.8 Å². The number of nitrogens with zero attached hydrogens (tertiary/aromatic N) is 10. The van der Waals surface area contributed by atoms with Crippen molar-refractivity contribution in [2.75, 3.05) is 136 Å². The van der Waals surface area contributed by atoms with E-state index in [1.165, 1.54) is 51.4 Å². The number of halogens is 5. The van der Waals surface area contributed by atoms with Gasteiger partial charge in [0.05, 0.1) is 74.8 Å².